The zero-order valence-corrected chi connectivity index (χ0v) is 7.71. The molecule has 0 radical (unpaired) electrons. The van der Waals surface area contributed by atoms with Gasteiger partial charge in [0.1, 0.15) is 0 Å². The Morgan fingerprint density at radius 1 is 1.58 bits per heavy atom. The van der Waals surface area contributed by atoms with E-state index in [1.807, 2.05) is 0 Å². The quantitative estimate of drug-likeness (QED) is 0.685. The molecule has 68 valence electrons. The Balaban J connectivity index is 2.63. The van der Waals surface area contributed by atoms with Crippen LogP contribution in [0.1, 0.15) is 45.4 Å². The van der Waals surface area contributed by atoms with Gasteiger partial charge in [-0.25, -0.2) is 0 Å². The summed E-state index contributed by atoms with van der Waals surface area (Å²) in [6, 6.07) is 2.09. The third-order valence-corrected chi connectivity index (χ3v) is 3.05. The molecule has 2 unspecified atom stereocenters. The monoisotopic (exact) mass is 167 g/mol. The van der Waals surface area contributed by atoms with Crippen LogP contribution >= 0.6 is 0 Å². The minimum Gasteiger partial charge on any atom is -0.389 e. The number of hydrogen-bond donors (Lipinski definition) is 1. The minimum absolute atomic E-state index is 0.311. The van der Waals surface area contributed by atoms with Crippen LogP contribution in [-0.4, -0.2) is 10.7 Å². The van der Waals surface area contributed by atoms with E-state index in [4.69, 9.17) is 5.26 Å². The molecule has 2 atom stereocenters. The molecule has 0 aromatic heterocycles. The largest absolute Gasteiger partial charge is 0.389 e. The van der Waals surface area contributed by atoms with Crippen molar-refractivity contribution < 1.29 is 5.11 Å². The number of rotatable bonds is 2. The predicted octanol–water partition coefficient (Wildman–Crippen LogP) is 2.23. The van der Waals surface area contributed by atoms with Gasteiger partial charge in [0, 0.05) is 0 Å². The molecular weight excluding hydrogens is 150 g/mol. The van der Waals surface area contributed by atoms with Crippen molar-refractivity contribution in [1.82, 2.24) is 0 Å². The molecule has 0 saturated heterocycles. The first-order valence-electron chi connectivity index (χ1n) is 4.82. The van der Waals surface area contributed by atoms with Gasteiger partial charge in [-0.05, 0) is 18.8 Å². The summed E-state index contributed by atoms with van der Waals surface area (Å²) in [6.07, 6.45) is 5.51. The Kier molecular flexibility index (Phi) is 3.11. The molecule has 2 heteroatoms. The molecule has 1 aliphatic carbocycles. The maximum absolute atomic E-state index is 10.1. The standard InChI is InChI=1S/C10H17NO/c1-2-9-5-3-4-6-10(9,12)7-8-11/h9,12H,2-7H2,1H3. The molecule has 0 spiro atoms. The average molecular weight is 167 g/mol. The Labute approximate surface area is 74.2 Å². The summed E-state index contributed by atoms with van der Waals surface area (Å²) in [5.41, 5.74) is -0.665. The first kappa shape index (κ1) is 9.54. The summed E-state index contributed by atoms with van der Waals surface area (Å²) < 4.78 is 0. The van der Waals surface area contributed by atoms with Crippen LogP contribution in [0.3, 0.4) is 0 Å². The highest BCUT2D eigenvalue weighted by atomic mass is 16.3. The van der Waals surface area contributed by atoms with Crippen LogP contribution in [0.15, 0.2) is 0 Å². The molecule has 0 aromatic rings. The Morgan fingerprint density at radius 2 is 2.33 bits per heavy atom. The summed E-state index contributed by atoms with van der Waals surface area (Å²) in [7, 11) is 0. The van der Waals surface area contributed by atoms with E-state index in [1.165, 1.54) is 6.42 Å². The predicted molar refractivity (Wildman–Crippen MR) is 47.4 cm³/mol. The van der Waals surface area contributed by atoms with Gasteiger partial charge in [0.25, 0.3) is 0 Å². The molecule has 0 bridgehead atoms. The average Bonchev–Trinajstić information content (AvgIpc) is 2.05. The highest BCUT2D eigenvalue weighted by Crippen LogP contribution is 2.37. The highest BCUT2D eigenvalue weighted by molar-refractivity contribution is 4.95. The first-order chi connectivity index (χ1) is 5.73. The second kappa shape index (κ2) is 3.91. The van der Waals surface area contributed by atoms with E-state index in [9.17, 15) is 5.11 Å². The molecule has 1 aliphatic rings. The molecule has 0 amide bonds. The Hall–Kier alpha value is -0.550. The minimum atomic E-state index is -0.665. The van der Waals surface area contributed by atoms with Crippen molar-refractivity contribution in [1.29, 1.82) is 5.26 Å². The number of nitriles is 1. The summed E-state index contributed by atoms with van der Waals surface area (Å²) in [5.74, 6) is 0.353. The van der Waals surface area contributed by atoms with Gasteiger partial charge in [0.05, 0.1) is 18.1 Å². The Bertz CT molecular complexity index is 185. The van der Waals surface area contributed by atoms with Gasteiger partial charge < -0.3 is 5.11 Å². The second-order valence-corrected chi connectivity index (χ2v) is 3.79. The van der Waals surface area contributed by atoms with Crippen molar-refractivity contribution in [2.45, 2.75) is 51.0 Å². The van der Waals surface area contributed by atoms with E-state index < -0.39 is 5.60 Å². The fourth-order valence-corrected chi connectivity index (χ4v) is 2.25. The maximum Gasteiger partial charge on any atom is 0.0805 e. The molecule has 1 fully saturated rings. The van der Waals surface area contributed by atoms with E-state index in [0.29, 0.717) is 12.3 Å². The third kappa shape index (κ3) is 1.78. The summed E-state index contributed by atoms with van der Waals surface area (Å²) in [5, 5.41) is 18.7. The van der Waals surface area contributed by atoms with Gasteiger partial charge in [0.15, 0.2) is 0 Å². The molecule has 0 aromatic carbocycles. The van der Waals surface area contributed by atoms with Gasteiger partial charge in [-0.15, -0.1) is 0 Å². The van der Waals surface area contributed by atoms with Gasteiger partial charge >= 0.3 is 0 Å². The Morgan fingerprint density at radius 3 is 2.92 bits per heavy atom. The SMILES string of the molecule is CCC1CCCCC1(O)CC#N. The first-order valence-corrected chi connectivity index (χ1v) is 4.82. The third-order valence-electron chi connectivity index (χ3n) is 3.05. The molecular formula is C10H17NO. The summed E-state index contributed by atoms with van der Waals surface area (Å²) >= 11 is 0. The van der Waals surface area contributed by atoms with Crippen LogP contribution in [0.5, 0.6) is 0 Å². The van der Waals surface area contributed by atoms with Crippen molar-refractivity contribution in [3.8, 4) is 6.07 Å². The van der Waals surface area contributed by atoms with Crippen LogP contribution in [-0.2, 0) is 0 Å². The fraction of sp³-hybridized carbons (Fsp3) is 0.900. The van der Waals surface area contributed by atoms with Crippen molar-refractivity contribution in [3.63, 3.8) is 0 Å². The van der Waals surface area contributed by atoms with Crippen LogP contribution in [0.4, 0.5) is 0 Å². The van der Waals surface area contributed by atoms with E-state index in [0.717, 1.165) is 25.7 Å². The lowest BCUT2D eigenvalue weighted by Crippen LogP contribution is -2.39. The summed E-state index contributed by atoms with van der Waals surface area (Å²) in [4.78, 5) is 0. The van der Waals surface area contributed by atoms with E-state index in [-0.39, 0.29) is 0 Å². The van der Waals surface area contributed by atoms with Crippen molar-refractivity contribution >= 4 is 0 Å². The van der Waals surface area contributed by atoms with E-state index >= 15 is 0 Å². The number of aliphatic hydroxyl groups is 1. The fourth-order valence-electron chi connectivity index (χ4n) is 2.25. The topological polar surface area (TPSA) is 44.0 Å². The highest BCUT2D eigenvalue weighted by Gasteiger charge is 2.37. The molecule has 1 N–H and O–H groups in total. The smallest absolute Gasteiger partial charge is 0.0805 e. The van der Waals surface area contributed by atoms with Crippen LogP contribution in [0, 0.1) is 17.2 Å². The zero-order chi connectivity index (χ0) is 9.03. The van der Waals surface area contributed by atoms with Gasteiger partial charge in [-0.2, -0.15) is 5.26 Å². The lowest BCUT2D eigenvalue weighted by atomic mass is 9.72. The molecule has 0 aliphatic heterocycles. The van der Waals surface area contributed by atoms with Crippen LogP contribution < -0.4 is 0 Å². The van der Waals surface area contributed by atoms with Crippen LogP contribution in [0.2, 0.25) is 0 Å². The van der Waals surface area contributed by atoms with Crippen molar-refractivity contribution in [2.24, 2.45) is 5.92 Å². The van der Waals surface area contributed by atoms with Crippen LogP contribution in [0.25, 0.3) is 0 Å². The van der Waals surface area contributed by atoms with Gasteiger partial charge in [-0.1, -0.05) is 26.2 Å². The van der Waals surface area contributed by atoms with Gasteiger partial charge in [0.2, 0.25) is 0 Å². The maximum atomic E-state index is 10.1. The van der Waals surface area contributed by atoms with Gasteiger partial charge in [-0.3, -0.25) is 0 Å². The van der Waals surface area contributed by atoms with Crippen molar-refractivity contribution in [3.05, 3.63) is 0 Å². The number of nitrogens with zero attached hydrogens (tertiary/aromatic N) is 1. The normalized spacial score (nSPS) is 35.9. The molecule has 1 rings (SSSR count). The van der Waals surface area contributed by atoms with E-state index in [1.54, 1.807) is 0 Å². The zero-order valence-electron chi connectivity index (χ0n) is 7.71. The molecule has 1 saturated carbocycles. The lowest BCUT2D eigenvalue weighted by molar-refractivity contribution is -0.0455. The molecule has 12 heavy (non-hydrogen) atoms. The molecule has 0 heterocycles. The van der Waals surface area contributed by atoms with E-state index in [2.05, 4.69) is 13.0 Å². The number of hydrogen-bond acceptors (Lipinski definition) is 2. The van der Waals surface area contributed by atoms with Crippen molar-refractivity contribution in [2.75, 3.05) is 0 Å². The second-order valence-electron chi connectivity index (χ2n) is 3.79. The molecule has 2 nitrogen and oxygen atoms in total. The lowest BCUT2D eigenvalue weighted by Gasteiger charge is -2.38. The summed E-state index contributed by atoms with van der Waals surface area (Å²) in [6.45, 7) is 2.10.